The first-order valence-corrected chi connectivity index (χ1v) is 6.31. The Morgan fingerprint density at radius 1 is 1.53 bits per heavy atom. The molecule has 7 heteroatoms. The van der Waals surface area contributed by atoms with Crippen molar-refractivity contribution in [2.24, 2.45) is 5.92 Å². The molecule has 0 aromatic carbocycles. The zero-order valence-corrected chi connectivity index (χ0v) is 10.5. The standard InChI is InChI=1S/C12H17N5O2/c1-6-7(4-18)2-3-8(6)17-5-14-9-10(17)15-12(13)16-11(9)19/h7-8,14,18H,1-5H2,(H3,13,15,16,19). The Labute approximate surface area is 110 Å². The van der Waals surface area contributed by atoms with Gasteiger partial charge in [0.25, 0.3) is 5.56 Å². The lowest BCUT2D eigenvalue weighted by Gasteiger charge is -2.26. The van der Waals surface area contributed by atoms with Crippen molar-refractivity contribution in [1.82, 2.24) is 9.97 Å². The summed E-state index contributed by atoms with van der Waals surface area (Å²) in [6, 6.07) is 0.0969. The van der Waals surface area contributed by atoms with Crippen LogP contribution in [0.3, 0.4) is 0 Å². The average molecular weight is 263 g/mol. The van der Waals surface area contributed by atoms with Crippen LogP contribution in [0, 0.1) is 5.92 Å². The molecule has 2 atom stereocenters. The number of hydrogen-bond donors (Lipinski definition) is 4. The third kappa shape index (κ3) is 1.77. The minimum absolute atomic E-state index is 0.0969. The van der Waals surface area contributed by atoms with E-state index in [1.165, 1.54) is 0 Å². The molecule has 1 aromatic rings. The summed E-state index contributed by atoms with van der Waals surface area (Å²) < 4.78 is 0. The Bertz CT molecular complexity index is 582. The van der Waals surface area contributed by atoms with Crippen LogP contribution in [0.15, 0.2) is 16.9 Å². The first-order chi connectivity index (χ1) is 9.11. The Balaban J connectivity index is 1.95. The fourth-order valence-corrected chi connectivity index (χ4v) is 2.91. The smallest absolute Gasteiger partial charge is 0.277 e. The number of fused-ring (bicyclic) bond motifs is 1. The maximum absolute atomic E-state index is 11.8. The first-order valence-electron chi connectivity index (χ1n) is 6.31. The van der Waals surface area contributed by atoms with Crippen molar-refractivity contribution in [2.45, 2.75) is 18.9 Å². The summed E-state index contributed by atoms with van der Waals surface area (Å²) in [5.41, 5.74) is 6.79. The molecule has 0 spiro atoms. The number of aliphatic hydroxyl groups is 1. The van der Waals surface area contributed by atoms with Gasteiger partial charge in [0.05, 0.1) is 12.7 Å². The van der Waals surface area contributed by atoms with Crippen molar-refractivity contribution >= 4 is 17.5 Å². The Kier molecular flexibility index (Phi) is 2.70. The number of nitrogens with zero attached hydrogens (tertiary/aromatic N) is 2. The van der Waals surface area contributed by atoms with E-state index in [9.17, 15) is 9.90 Å². The fourth-order valence-electron chi connectivity index (χ4n) is 2.91. The highest BCUT2D eigenvalue weighted by atomic mass is 16.3. The van der Waals surface area contributed by atoms with Crippen LogP contribution in [0.25, 0.3) is 0 Å². The van der Waals surface area contributed by atoms with Gasteiger partial charge in [-0.05, 0) is 18.4 Å². The number of anilines is 3. The largest absolute Gasteiger partial charge is 0.396 e. The van der Waals surface area contributed by atoms with Gasteiger partial charge in [0.1, 0.15) is 5.69 Å². The number of nitrogens with two attached hydrogens (primary N) is 1. The number of aromatic amines is 1. The molecule has 7 nitrogen and oxygen atoms in total. The van der Waals surface area contributed by atoms with Crippen LogP contribution in [0.1, 0.15) is 12.8 Å². The molecule has 1 aliphatic heterocycles. The molecule has 0 bridgehead atoms. The highest BCUT2D eigenvalue weighted by molar-refractivity contribution is 5.72. The van der Waals surface area contributed by atoms with E-state index in [0.717, 1.165) is 18.4 Å². The van der Waals surface area contributed by atoms with Crippen LogP contribution >= 0.6 is 0 Å². The summed E-state index contributed by atoms with van der Waals surface area (Å²) in [5.74, 6) is 0.819. The van der Waals surface area contributed by atoms with E-state index in [2.05, 4.69) is 21.9 Å². The van der Waals surface area contributed by atoms with Gasteiger partial charge in [-0.25, -0.2) is 0 Å². The predicted octanol–water partition coefficient (Wildman–Crippen LogP) is -0.131. The van der Waals surface area contributed by atoms with Crippen LogP contribution in [0.2, 0.25) is 0 Å². The molecule has 3 rings (SSSR count). The summed E-state index contributed by atoms with van der Waals surface area (Å²) in [6.45, 7) is 4.71. The molecule has 1 aromatic heterocycles. The third-order valence-corrected chi connectivity index (χ3v) is 3.95. The van der Waals surface area contributed by atoms with Crippen molar-refractivity contribution in [1.29, 1.82) is 0 Å². The van der Waals surface area contributed by atoms with Gasteiger partial charge in [0.15, 0.2) is 5.82 Å². The first kappa shape index (κ1) is 12.0. The molecule has 1 saturated carbocycles. The number of aliphatic hydroxyl groups excluding tert-OH is 1. The van der Waals surface area contributed by atoms with E-state index in [-0.39, 0.29) is 30.1 Å². The van der Waals surface area contributed by atoms with Crippen LogP contribution in [0.4, 0.5) is 17.5 Å². The topological polar surface area (TPSA) is 107 Å². The fraction of sp³-hybridized carbons (Fsp3) is 0.500. The van der Waals surface area contributed by atoms with Gasteiger partial charge in [-0.15, -0.1) is 0 Å². The molecule has 102 valence electrons. The number of aromatic nitrogens is 2. The molecule has 0 radical (unpaired) electrons. The maximum Gasteiger partial charge on any atom is 0.277 e. The lowest BCUT2D eigenvalue weighted by Crippen LogP contribution is -2.35. The van der Waals surface area contributed by atoms with Gasteiger partial charge in [0, 0.05) is 12.5 Å². The molecule has 0 saturated heterocycles. The Hall–Kier alpha value is -2.02. The highest BCUT2D eigenvalue weighted by Crippen LogP contribution is 2.38. The monoisotopic (exact) mass is 263 g/mol. The van der Waals surface area contributed by atoms with Crippen molar-refractivity contribution in [3.05, 3.63) is 22.5 Å². The molecule has 2 heterocycles. The van der Waals surface area contributed by atoms with E-state index in [1.54, 1.807) is 0 Å². The quantitative estimate of drug-likeness (QED) is 0.554. The van der Waals surface area contributed by atoms with Crippen molar-refractivity contribution in [3.8, 4) is 0 Å². The minimum atomic E-state index is -0.257. The molecule has 2 unspecified atom stereocenters. The second kappa shape index (κ2) is 4.27. The molecule has 1 fully saturated rings. The van der Waals surface area contributed by atoms with E-state index in [4.69, 9.17) is 5.73 Å². The van der Waals surface area contributed by atoms with Crippen LogP contribution in [-0.2, 0) is 0 Å². The number of H-pyrrole nitrogens is 1. The van der Waals surface area contributed by atoms with Gasteiger partial charge in [-0.3, -0.25) is 9.78 Å². The number of nitrogens with one attached hydrogen (secondary N) is 2. The lowest BCUT2D eigenvalue weighted by molar-refractivity contribution is 0.249. The molecular formula is C12H17N5O2. The molecular weight excluding hydrogens is 246 g/mol. The zero-order valence-electron chi connectivity index (χ0n) is 10.5. The molecule has 19 heavy (non-hydrogen) atoms. The van der Waals surface area contributed by atoms with E-state index < -0.39 is 0 Å². The number of nitrogen functional groups attached to an aromatic ring is 1. The van der Waals surface area contributed by atoms with Gasteiger partial charge >= 0.3 is 0 Å². The van der Waals surface area contributed by atoms with Gasteiger partial charge in [-0.1, -0.05) is 6.58 Å². The highest BCUT2D eigenvalue weighted by Gasteiger charge is 2.37. The van der Waals surface area contributed by atoms with Gasteiger partial charge < -0.3 is 21.1 Å². The van der Waals surface area contributed by atoms with E-state index in [0.29, 0.717) is 18.2 Å². The number of rotatable bonds is 2. The maximum atomic E-state index is 11.8. The molecule has 2 aliphatic rings. The van der Waals surface area contributed by atoms with Gasteiger partial charge in [-0.2, -0.15) is 4.98 Å². The average Bonchev–Trinajstić information content (AvgIpc) is 2.92. The second-order valence-electron chi connectivity index (χ2n) is 5.00. The predicted molar refractivity (Wildman–Crippen MR) is 73.0 cm³/mol. The van der Waals surface area contributed by atoms with Crippen molar-refractivity contribution in [3.63, 3.8) is 0 Å². The van der Waals surface area contributed by atoms with Gasteiger partial charge in [0.2, 0.25) is 5.95 Å². The SMILES string of the molecule is C=C1C(CO)CCC1N1CNc2c1nc(N)[nH]c2=O. The third-order valence-electron chi connectivity index (χ3n) is 3.95. The van der Waals surface area contributed by atoms with Crippen molar-refractivity contribution in [2.75, 3.05) is 29.2 Å². The normalized spacial score (nSPS) is 25.5. The molecule has 5 N–H and O–H groups in total. The van der Waals surface area contributed by atoms with Crippen LogP contribution in [-0.4, -0.2) is 34.4 Å². The Morgan fingerprint density at radius 3 is 3.00 bits per heavy atom. The summed E-state index contributed by atoms with van der Waals surface area (Å²) in [5, 5.41) is 12.3. The molecule has 1 aliphatic carbocycles. The van der Waals surface area contributed by atoms with Crippen LogP contribution in [0.5, 0.6) is 0 Å². The van der Waals surface area contributed by atoms with Crippen molar-refractivity contribution < 1.29 is 5.11 Å². The number of hydrogen-bond acceptors (Lipinski definition) is 6. The van der Waals surface area contributed by atoms with E-state index >= 15 is 0 Å². The summed E-state index contributed by atoms with van der Waals surface area (Å²) in [6.07, 6.45) is 1.81. The summed E-state index contributed by atoms with van der Waals surface area (Å²) >= 11 is 0. The van der Waals surface area contributed by atoms with Crippen LogP contribution < -0.4 is 21.5 Å². The second-order valence-corrected chi connectivity index (χ2v) is 5.00. The van der Waals surface area contributed by atoms with E-state index in [1.807, 2.05) is 4.90 Å². The minimum Gasteiger partial charge on any atom is -0.396 e. The molecule has 0 amide bonds. The lowest BCUT2D eigenvalue weighted by atomic mass is 10.0. The summed E-state index contributed by atoms with van der Waals surface area (Å²) in [4.78, 5) is 20.4. The summed E-state index contributed by atoms with van der Waals surface area (Å²) in [7, 11) is 0. The zero-order chi connectivity index (χ0) is 13.6. The Morgan fingerprint density at radius 2 is 2.32 bits per heavy atom.